The van der Waals surface area contributed by atoms with E-state index in [0.717, 1.165) is 11.1 Å². The van der Waals surface area contributed by atoms with E-state index in [1.165, 1.54) is 18.5 Å². The summed E-state index contributed by atoms with van der Waals surface area (Å²) >= 11 is 0. The lowest BCUT2D eigenvalue weighted by Gasteiger charge is -2.10. The second-order valence-electron chi connectivity index (χ2n) is 7.80. The number of halogens is 1. The van der Waals surface area contributed by atoms with Gasteiger partial charge >= 0.3 is 0 Å². The number of hydrogen-bond acceptors (Lipinski definition) is 5. The molecule has 0 bridgehead atoms. The molecule has 5 rings (SSSR count). The highest BCUT2D eigenvalue weighted by atomic mass is 19.1. The van der Waals surface area contributed by atoms with E-state index in [2.05, 4.69) is 25.5 Å². The molecule has 5 aromatic rings. The Morgan fingerprint density at radius 2 is 1.73 bits per heavy atom. The minimum absolute atomic E-state index is 0.244. The second-order valence-corrected chi connectivity index (χ2v) is 7.80. The van der Waals surface area contributed by atoms with Crippen LogP contribution in [0, 0.1) is 26.6 Å². The van der Waals surface area contributed by atoms with E-state index in [9.17, 15) is 9.18 Å². The maximum atomic E-state index is 13.3. The maximum Gasteiger partial charge on any atom is 0.256 e. The average molecular weight is 441 g/mol. The summed E-state index contributed by atoms with van der Waals surface area (Å²) < 4.78 is 16.5. The number of aromatic nitrogens is 6. The number of nitrogens with zero attached hydrogens (tertiary/aromatic N) is 6. The minimum Gasteiger partial charge on any atom is -0.306 e. The molecule has 0 aliphatic carbocycles. The van der Waals surface area contributed by atoms with E-state index in [-0.39, 0.29) is 11.7 Å². The number of carbonyl (C=O) groups is 1. The Labute approximate surface area is 188 Å². The maximum absolute atomic E-state index is 13.3. The van der Waals surface area contributed by atoms with Gasteiger partial charge in [-0.15, -0.1) is 0 Å². The van der Waals surface area contributed by atoms with Crippen LogP contribution in [-0.2, 0) is 0 Å². The van der Waals surface area contributed by atoms with E-state index in [1.54, 1.807) is 39.8 Å². The highest BCUT2D eigenvalue weighted by Crippen LogP contribution is 2.24. The van der Waals surface area contributed by atoms with E-state index in [1.807, 2.05) is 32.9 Å². The molecule has 0 atom stereocenters. The molecule has 0 unspecified atom stereocenters. The lowest BCUT2D eigenvalue weighted by molar-refractivity contribution is 0.102. The molecule has 9 heteroatoms. The highest BCUT2D eigenvalue weighted by Gasteiger charge is 2.18. The molecule has 0 spiro atoms. The first kappa shape index (κ1) is 20.5. The van der Waals surface area contributed by atoms with E-state index < -0.39 is 0 Å². The summed E-state index contributed by atoms with van der Waals surface area (Å²) in [4.78, 5) is 21.7. The van der Waals surface area contributed by atoms with Gasteiger partial charge in [0.1, 0.15) is 18.0 Å². The van der Waals surface area contributed by atoms with Gasteiger partial charge in [-0.2, -0.15) is 14.9 Å². The Morgan fingerprint density at radius 3 is 2.48 bits per heavy atom. The zero-order valence-electron chi connectivity index (χ0n) is 18.2. The summed E-state index contributed by atoms with van der Waals surface area (Å²) in [6.45, 7) is 5.81. The molecular formula is C24H20FN7O. The lowest BCUT2D eigenvalue weighted by Crippen LogP contribution is -2.16. The predicted molar refractivity (Wildman–Crippen MR) is 122 cm³/mol. The van der Waals surface area contributed by atoms with Crippen molar-refractivity contribution in [3.63, 3.8) is 0 Å². The fourth-order valence-electron chi connectivity index (χ4n) is 3.59. The molecule has 0 saturated carbocycles. The molecule has 3 aromatic heterocycles. The zero-order valence-corrected chi connectivity index (χ0v) is 18.2. The first-order chi connectivity index (χ1) is 15.9. The van der Waals surface area contributed by atoms with Crippen molar-refractivity contribution < 1.29 is 9.18 Å². The fourth-order valence-corrected chi connectivity index (χ4v) is 3.59. The van der Waals surface area contributed by atoms with Gasteiger partial charge in [0, 0.05) is 11.6 Å². The first-order valence-corrected chi connectivity index (χ1v) is 10.3. The first-order valence-electron chi connectivity index (χ1n) is 10.3. The van der Waals surface area contributed by atoms with Gasteiger partial charge in [-0.25, -0.2) is 19.0 Å². The number of rotatable bonds is 4. The van der Waals surface area contributed by atoms with Crippen LogP contribution in [0.4, 0.5) is 10.2 Å². The van der Waals surface area contributed by atoms with Crippen LogP contribution in [0.25, 0.3) is 22.5 Å². The van der Waals surface area contributed by atoms with Gasteiger partial charge in [0.05, 0.1) is 23.0 Å². The molecule has 2 aromatic carbocycles. The summed E-state index contributed by atoms with van der Waals surface area (Å²) in [5, 5.41) is 12.5. The average Bonchev–Trinajstić information content (AvgIpc) is 3.39. The molecule has 8 nitrogen and oxygen atoms in total. The number of aryl methyl sites for hydroxylation is 3. The molecule has 3 heterocycles. The number of nitrogens with one attached hydrogen (secondary N) is 1. The van der Waals surface area contributed by atoms with Crippen molar-refractivity contribution in [2.24, 2.45) is 0 Å². The van der Waals surface area contributed by atoms with Crippen LogP contribution in [0.15, 0.2) is 61.1 Å². The number of anilines is 1. The van der Waals surface area contributed by atoms with Crippen LogP contribution in [0.5, 0.6) is 0 Å². The second kappa shape index (κ2) is 7.94. The van der Waals surface area contributed by atoms with Gasteiger partial charge in [0.25, 0.3) is 5.91 Å². The third kappa shape index (κ3) is 3.73. The summed E-state index contributed by atoms with van der Waals surface area (Å²) in [5.74, 6) is 0.371. The third-order valence-electron chi connectivity index (χ3n) is 5.46. The van der Waals surface area contributed by atoms with E-state index in [0.29, 0.717) is 39.6 Å². The molecule has 164 valence electrons. The van der Waals surface area contributed by atoms with Crippen LogP contribution in [0.1, 0.15) is 27.2 Å². The number of hydrogen-bond donors (Lipinski definition) is 1. The summed E-state index contributed by atoms with van der Waals surface area (Å²) in [6, 6.07) is 13.3. The largest absolute Gasteiger partial charge is 0.306 e. The van der Waals surface area contributed by atoms with Crippen molar-refractivity contribution in [3.8, 4) is 11.5 Å². The zero-order chi connectivity index (χ0) is 23.1. The quantitative estimate of drug-likeness (QED) is 0.449. The molecule has 33 heavy (non-hydrogen) atoms. The van der Waals surface area contributed by atoms with Crippen LogP contribution < -0.4 is 5.32 Å². The van der Waals surface area contributed by atoms with Crippen molar-refractivity contribution in [1.29, 1.82) is 0 Å². The third-order valence-corrected chi connectivity index (χ3v) is 5.46. The smallest absolute Gasteiger partial charge is 0.256 e. The fraction of sp³-hybridized carbons (Fsp3) is 0.125. The molecule has 0 radical (unpaired) electrons. The number of fused-ring (bicyclic) bond motifs is 1. The Bertz CT molecular complexity index is 1500. The summed E-state index contributed by atoms with van der Waals surface area (Å²) in [6.07, 6.45) is 3.03. The topological polar surface area (TPSA) is 90.5 Å². The molecule has 1 N–H and O–H groups in total. The van der Waals surface area contributed by atoms with Crippen molar-refractivity contribution in [3.05, 3.63) is 89.3 Å². The van der Waals surface area contributed by atoms with Crippen molar-refractivity contribution in [1.82, 2.24) is 29.5 Å². The number of benzene rings is 2. The Balaban J connectivity index is 1.55. The molecule has 1 amide bonds. The van der Waals surface area contributed by atoms with Crippen molar-refractivity contribution in [2.45, 2.75) is 20.8 Å². The highest BCUT2D eigenvalue weighted by molar-refractivity contribution is 6.04. The van der Waals surface area contributed by atoms with E-state index >= 15 is 0 Å². The SMILES string of the molecule is Cc1cc(NC(=O)c2ccc(C)c(C)c2)n(-c2ncnc3c2cnn3-c2ccc(F)cc2)n1. The van der Waals surface area contributed by atoms with Crippen LogP contribution in [0.3, 0.4) is 0 Å². The van der Waals surface area contributed by atoms with Crippen LogP contribution >= 0.6 is 0 Å². The van der Waals surface area contributed by atoms with Gasteiger partial charge in [0.2, 0.25) is 0 Å². The summed E-state index contributed by atoms with van der Waals surface area (Å²) in [5.41, 5.74) is 4.62. The molecule has 0 aliphatic rings. The molecule has 0 aliphatic heterocycles. The van der Waals surface area contributed by atoms with Crippen LogP contribution in [-0.4, -0.2) is 35.4 Å². The van der Waals surface area contributed by atoms with E-state index in [4.69, 9.17) is 0 Å². The minimum atomic E-state index is -0.332. The lowest BCUT2D eigenvalue weighted by atomic mass is 10.1. The molecule has 0 fully saturated rings. The Hall–Kier alpha value is -4.40. The van der Waals surface area contributed by atoms with Gasteiger partial charge in [-0.05, 0) is 68.3 Å². The monoisotopic (exact) mass is 441 g/mol. The van der Waals surface area contributed by atoms with Crippen molar-refractivity contribution >= 4 is 22.8 Å². The van der Waals surface area contributed by atoms with Gasteiger partial charge in [-0.3, -0.25) is 4.79 Å². The standard InChI is InChI=1S/C24H20FN7O/c1-14-4-5-17(10-15(14)2)24(33)29-21-11-16(3)30-32(21)23-20-12-28-31(22(20)26-13-27-23)19-8-6-18(25)7-9-19/h4-13H,1-3H3,(H,29,33). The molecule has 0 saturated heterocycles. The van der Waals surface area contributed by atoms with Crippen molar-refractivity contribution in [2.75, 3.05) is 5.32 Å². The number of carbonyl (C=O) groups excluding carboxylic acids is 1. The molecular weight excluding hydrogens is 421 g/mol. The summed E-state index contributed by atoms with van der Waals surface area (Å²) in [7, 11) is 0. The van der Waals surface area contributed by atoms with Gasteiger partial charge in [-0.1, -0.05) is 6.07 Å². The Morgan fingerprint density at radius 1 is 0.939 bits per heavy atom. The number of amides is 1. The Kier molecular flexibility index (Phi) is 4.93. The van der Waals surface area contributed by atoms with Crippen LogP contribution in [0.2, 0.25) is 0 Å². The van der Waals surface area contributed by atoms with Gasteiger partial charge in [0.15, 0.2) is 11.5 Å². The predicted octanol–water partition coefficient (Wildman–Crippen LogP) is 4.32. The van der Waals surface area contributed by atoms with Gasteiger partial charge < -0.3 is 5.32 Å². The normalized spacial score (nSPS) is 11.2.